The molecule has 1 aliphatic carbocycles. The van der Waals surface area contributed by atoms with E-state index in [4.69, 9.17) is 4.74 Å². The molecule has 1 N–H and O–H groups in total. The molecule has 156 valence electrons. The largest absolute Gasteiger partial charge is 0.495 e. The number of benzene rings is 2. The third-order valence-electron chi connectivity index (χ3n) is 5.31. The molecule has 0 spiro atoms. The molecule has 0 aliphatic heterocycles. The normalized spacial score (nSPS) is 16.5. The molecule has 0 saturated heterocycles. The molecule has 6 nitrogen and oxygen atoms in total. The molecule has 1 heterocycles. The van der Waals surface area contributed by atoms with E-state index in [2.05, 4.69) is 15.8 Å². The van der Waals surface area contributed by atoms with Crippen LogP contribution in [0.1, 0.15) is 41.3 Å². The lowest BCUT2D eigenvalue weighted by molar-refractivity contribution is 0.413. The number of aromatic nitrogens is 2. The molecule has 0 saturated carbocycles. The van der Waals surface area contributed by atoms with Crippen LogP contribution in [-0.2, 0) is 16.4 Å². The molecule has 0 fully saturated rings. The van der Waals surface area contributed by atoms with Gasteiger partial charge in [-0.3, -0.25) is 0 Å². The van der Waals surface area contributed by atoms with Crippen molar-refractivity contribution < 1.29 is 13.2 Å². The van der Waals surface area contributed by atoms with E-state index in [0.717, 1.165) is 41.8 Å². The van der Waals surface area contributed by atoms with Gasteiger partial charge in [0.15, 0.2) is 0 Å². The van der Waals surface area contributed by atoms with Crippen LogP contribution in [0, 0.1) is 6.92 Å². The summed E-state index contributed by atoms with van der Waals surface area (Å²) in [5, 5.41) is 1.22. The minimum absolute atomic E-state index is 0.189. The van der Waals surface area contributed by atoms with Gasteiger partial charge in [0.1, 0.15) is 5.75 Å². The van der Waals surface area contributed by atoms with Gasteiger partial charge in [0, 0.05) is 17.6 Å². The van der Waals surface area contributed by atoms with Crippen LogP contribution in [0.15, 0.2) is 60.4 Å². The van der Waals surface area contributed by atoms with Crippen molar-refractivity contribution in [1.82, 2.24) is 14.3 Å². The summed E-state index contributed by atoms with van der Waals surface area (Å²) in [5.41, 5.74) is 4.78. The fourth-order valence-corrected chi connectivity index (χ4v) is 4.90. The van der Waals surface area contributed by atoms with Crippen molar-refractivity contribution in [3.8, 4) is 11.4 Å². The van der Waals surface area contributed by atoms with Crippen LogP contribution >= 0.6 is 0 Å². The van der Waals surface area contributed by atoms with Crippen molar-refractivity contribution in [2.24, 2.45) is 0 Å². The number of imidazole rings is 1. The van der Waals surface area contributed by atoms with Crippen LogP contribution in [0.4, 0.5) is 0 Å². The zero-order valence-electron chi connectivity index (χ0n) is 17.1. The highest BCUT2D eigenvalue weighted by Gasteiger charge is 2.23. The van der Waals surface area contributed by atoms with E-state index in [9.17, 15) is 8.42 Å². The first-order chi connectivity index (χ1) is 14.4. The average molecular weight is 424 g/mol. The van der Waals surface area contributed by atoms with Crippen molar-refractivity contribution in [3.05, 3.63) is 82.8 Å². The Morgan fingerprint density at radius 3 is 2.83 bits per heavy atom. The third kappa shape index (κ3) is 4.47. The number of sulfonamides is 1. The van der Waals surface area contributed by atoms with Gasteiger partial charge in [-0.2, -0.15) is 0 Å². The lowest BCUT2D eigenvalue weighted by Crippen LogP contribution is -2.29. The van der Waals surface area contributed by atoms with E-state index in [1.165, 1.54) is 11.0 Å². The molecule has 1 aromatic heterocycles. The van der Waals surface area contributed by atoms with E-state index < -0.39 is 10.0 Å². The summed E-state index contributed by atoms with van der Waals surface area (Å²) in [6, 6.07) is 13.4. The lowest BCUT2D eigenvalue weighted by Gasteiger charge is -2.25. The second kappa shape index (κ2) is 8.45. The highest BCUT2D eigenvalue weighted by molar-refractivity contribution is 7.92. The van der Waals surface area contributed by atoms with Crippen molar-refractivity contribution >= 4 is 16.1 Å². The molecule has 0 bridgehead atoms. The van der Waals surface area contributed by atoms with Gasteiger partial charge < -0.3 is 9.30 Å². The standard InChI is InChI=1S/C23H25N3O3S/c1-17-15-26(16-24-17)22-11-10-18(14-23(22)29-2)12-13-30(27,28)25-21-9-5-7-19-6-3-4-8-20(19)21/h3-4,6,8,10-16,21,25H,5,7,9H2,1-2H3/b13-12+. The second-order valence-electron chi connectivity index (χ2n) is 7.46. The first-order valence-electron chi connectivity index (χ1n) is 9.92. The quantitative estimate of drug-likeness (QED) is 0.646. The summed E-state index contributed by atoms with van der Waals surface area (Å²) in [7, 11) is -2.00. The SMILES string of the molecule is COc1cc(/C=C/S(=O)(=O)NC2CCCc3ccccc32)ccc1-n1cnc(C)c1. The predicted molar refractivity (Wildman–Crippen MR) is 118 cm³/mol. The van der Waals surface area contributed by atoms with Gasteiger partial charge in [-0.25, -0.2) is 18.1 Å². The maximum Gasteiger partial charge on any atom is 0.234 e. The summed E-state index contributed by atoms with van der Waals surface area (Å²) in [6.07, 6.45) is 7.98. The number of aryl methyl sites for hydroxylation is 2. The zero-order chi connectivity index (χ0) is 21.1. The number of methoxy groups -OCH3 is 1. The summed E-state index contributed by atoms with van der Waals surface area (Å²) in [5.74, 6) is 0.640. The van der Waals surface area contributed by atoms with E-state index in [0.29, 0.717) is 5.75 Å². The van der Waals surface area contributed by atoms with Gasteiger partial charge in [-0.15, -0.1) is 0 Å². The lowest BCUT2D eigenvalue weighted by atomic mass is 9.88. The van der Waals surface area contributed by atoms with Gasteiger partial charge in [-0.1, -0.05) is 30.3 Å². The summed E-state index contributed by atoms with van der Waals surface area (Å²) in [6.45, 7) is 1.92. The number of ether oxygens (including phenoxy) is 1. The molecule has 3 aromatic rings. The third-order valence-corrected chi connectivity index (χ3v) is 6.42. The Morgan fingerprint density at radius 2 is 2.07 bits per heavy atom. The number of fused-ring (bicyclic) bond motifs is 1. The molecule has 7 heteroatoms. The Kier molecular flexibility index (Phi) is 5.74. The summed E-state index contributed by atoms with van der Waals surface area (Å²) in [4.78, 5) is 4.24. The molecule has 1 atom stereocenters. The fraction of sp³-hybridized carbons (Fsp3) is 0.261. The van der Waals surface area contributed by atoms with Crippen LogP contribution in [-0.4, -0.2) is 25.1 Å². The first kappa shape index (κ1) is 20.4. The van der Waals surface area contributed by atoms with Crippen molar-refractivity contribution in [1.29, 1.82) is 0 Å². The minimum atomic E-state index is -3.59. The molecule has 2 aromatic carbocycles. The summed E-state index contributed by atoms with van der Waals surface area (Å²) >= 11 is 0. The van der Waals surface area contributed by atoms with E-state index in [-0.39, 0.29) is 6.04 Å². The van der Waals surface area contributed by atoms with Gasteiger partial charge >= 0.3 is 0 Å². The Balaban J connectivity index is 1.53. The van der Waals surface area contributed by atoms with Crippen LogP contribution in [0.2, 0.25) is 0 Å². The van der Waals surface area contributed by atoms with Gasteiger partial charge in [-0.05, 0) is 61.1 Å². The topological polar surface area (TPSA) is 73.2 Å². The average Bonchev–Trinajstić information content (AvgIpc) is 3.18. The molecular formula is C23H25N3O3S. The molecule has 30 heavy (non-hydrogen) atoms. The number of hydrogen-bond donors (Lipinski definition) is 1. The van der Waals surface area contributed by atoms with Crippen LogP contribution in [0.3, 0.4) is 0 Å². The highest BCUT2D eigenvalue weighted by Crippen LogP contribution is 2.30. The molecule has 4 rings (SSSR count). The first-order valence-corrected chi connectivity index (χ1v) is 11.5. The van der Waals surface area contributed by atoms with Crippen LogP contribution in [0.5, 0.6) is 5.75 Å². The Morgan fingerprint density at radius 1 is 1.23 bits per heavy atom. The highest BCUT2D eigenvalue weighted by atomic mass is 32.2. The van der Waals surface area contributed by atoms with E-state index in [1.807, 2.05) is 54.1 Å². The molecule has 0 radical (unpaired) electrons. The van der Waals surface area contributed by atoms with Crippen LogP contribution in [0.25, 0.3) is 11.8 Å². The van der Waals surface area contributed by atoms with Gasteiger partial charge in [0.05, 0.1) is 24.8 Å². The van der Waals surface area contributed by atoms with Crippen molar-refractivity contribution in [3.63, 3.8) is 0 Å². The maximum atomic E-state index is 12.7. The second-order valence-corrected chi connectivity index (χ2v) is 9.06. The van der Waals surface area contributed by atoms with Crippen molar-refractivity contribution in [2.75, 3.05) is 7.11 Å². The minimum Gasteiger partial charge on any atom is -0.495 e. The zero-order valence-corrected chi connectivity index (χ0v) is 17.9. The van der Waals surface area contributed by atoms with Gasteiger partial charge in [0.25, 0.3) is 0 Å². The van der Waals surface area contributed by atoms with Gasteiger partial charge in [0.2, 0.25) is 10.0 Å². The number of hydrogen-bond acceptors (Lipinski definition) is 4. The number of nitrogens with one attached hydrogen (secondary N) is 1. The molecule has 1 aliphatic rings. The van der Waals surface area contributed by atoms with Crippen molar-refractivity contribution in [2.45, 2.75) is 32.2 Å². The van der Waals surface area contributed by atoms with E-state index >= 15 is 0 Å². The Labute approximate surface area is 177 Å². The Bertz CT molecular complexity index is 1180. The molecule has 0 amide bonds. The monoisotopic (exact) mass is 423 g/mol. The van der Waals surface area contributed by atoms with Crippen LogP contribution < -0.4 is 9.46 Å². The number of rotatable bonds is 6. The maximum absolute atomic E-state index is 12.7. The Hall–Kier alpha value is -2.90. The number of nitrogens with zero attached hydrogens (tertiary/aromatic N) is 2. The smallest absolute Gasteiger partial charge is 0.234 e. The van der Waals surface area contributed by atoms with E-state index in [1.54, 1.807) is 19.5 Å². The molecule has 1 unspecified atom stereocenters. The molecular weight excluding hydrogens is 398 g/mol. The predicted octanol–water partition coefficient (Wildman–Crippen LogP) is 4.16. The summed E-state index contributed by atoms with van der Waals surface area (Å²) < 4.78 is 35.6. The fourth-order valence-electron chi connectivity index (χ4n) is 3.85.